The minimum atomic E-state index is -3.49. The molecule has 0 aliphatic rings. The zero-order valence-electron chi connectivity index (χ0n) is 6.57. The fourth-order valence-electron chi connectivity index (χ4n) is 0.922. The van der Waals surface area contributed by atoms with Crippen LogP contribution in [0.4, 0.5) is 0 Å². The van der Waals surface area contributed by atoms with E-state index in [1.54, 1.807) is 17.0 Å². The van der Waals surface area contributed by atoms with Gasteiger partial charge < -0.3 is 4.57 Å². The molecule has 0 atom stereocenters. The first kappa shape index (κ1) is 9.54. The number of halogens is 1. The summed E-state index contributed by atoms with van der Waals surface area (Å²) in [4.78, 5) is 3.87. The van der Waals surface area contributed by atoms with E-state index < -0.39 is 9.05 Å². The predicted molar refractivity (Wildman–Crippen MR) is 46.4 cm³/mol. The molecule has 6 heteroatoms. The lowest BCUT2D eigenvalue weighted by atomic mass is 10.6. The van der Waals surface area contributed by atoms with Crippen LogP contribution in [0.3, 0.4) is 0 Å². The van der Waals surface area contributed by atoms with E-state index in [2.05, 4.69) is 4.98 Å². The summed E-state index contributed by atoms with van der Waals surface area (Å²) in [6, 6.07) is 0. The van der Waals surface area contributed by atoms with Gasteiger partial charge in [-0.05, 0) is 6.92 Å². The van der Waals surface area contributed by atoms with Gasteiger partial charge in [0.25, 0.3) is 0 Å². The second kappa shape index (κ2) is 3.45. The Labute approximate surface area is 75.6 Å². The average molecular weight is 209 g/mol. The first-order valence-electron chi connectivity index (χ1n) is 3.45. The molecule has 0 saturated carbocycles. The average Bonchev–Trinajstić information content (AvgIpc) is 2.31. The van der Waals surface area contributed by atoms with Crippen LogP contribution < -0.4 is 0 Å². The highest BCUT2D eigenvalue weighted by atomic mass is 35.7. The quantitative estimate of drug-likeness (QED) is 0.696. The lowest BCUT2D eigenvalue weighted by Gasteiger charge is -2.00. The second-order valence-corrected chi connectivity index (χ2v) is 5.09. The molecule has 0 aromatic carbocycles. The molecule has 0 radical (unpaired) electrons. The van der Waals surface area contributed by atoms with E-state index in [1.165, 1.54) is 0 Å². The zero-order chi connectivity index (χ0) is 9.19. The molecule has 0 aliphatic heterocycles. The van der Waals surface area contributed by atoms with E-state index in [0.29, 0.717) is 12.4 Å². The van der Waals surface area contributed by atoms with Crippen LogP contribution in [0.5, 0.6) is 0 Å². The van der Waals surface area contributed by atoms with E-state index >= 15 is 0 Å². The van der Waals surface area contributed by atoms with E-state index in [1.807, 2.05) is 6.92 Å². The van der Waals surface area contributed by atoms with Crippen molar-refractivity contribution in [1.82, 2.24) is 9.55 Å². The van der Waals surface area contributed by atoms with Gasteiger partial charge >= 0.3 is 0 Å². The highest BCUT2D eigenvalue weighted by molar-refractivity contribution is 8.13. The Bertz CT molecular complexity index is 357. The molecule has 1 aromatic rings. The molecule has 1 rings (SSSR count). The number of imidazole rings is 1. The third kappa shape index (κ3) is 2.49. The van der Waals surface area contributed by atoms with Gasteiger partial charge in [0.15, 0.2) is 0 Å². The molecule has 0 N–H and O–H groups in total. The Hall–Kier alpha value is -0.550. The highest BCUT2D eigenvalue weighted by Crippen LogP contribution is 2.07. The number of rotatable bonds is 3. The van der Waals surface area contributed by atoms with Gasteiger partial charge in [0.05, 0.1) is 0 Å². The van der Waals surface area contributed by atoms with Gasteiger partial charge in [-0.3, -0.25) is 0 Å². The molecular formula is C6H9ClN2O2S. The van der Waals surface area contributed by atoms with Gasteiger partial charge in [-0.2, -0.15) is 0 Å². The Morgan fingerprint density at radius 1 is 1.67 bits per heavy atom. The van der Waals surface area contributed by atoms with Crippen molar-refractivity contribution in [2.45, 2.75) is 19.2 Å². The molecule has 0 amide bonds. The molecule has 0 saturated heterocycles. The van der Waals surface area contributed by atoms with E-state index in [-0.39, 0.29) is 5.75 Å². The summed E-state index contributed by atoms with van der Waals surface area (Å²) in [6.07, 6.45) is 3.28. The predicted octanol–water partition coefficient (Wildman–Crippen LogP) is 0.972. The summed E-state index contributed by atoms with van der Waals surface area (Å²) < 4.78 is 23.1. The van der Waals surface area contributed by atoms with Crippen LogP contribution in [0.25, 0.3) is 0 Å². The van der Waals surface area contributed by atoms with Gasteiger partial charge in [-0.1, -0.05) is 0 Å². The highest BCUT2D eigenvalue weighted by Gasteiger charge is 2.10. The van der Waals surface area contributed by atoms with Gasteiger partial charge in [0.1, 0.15) is 11.6 Å². The summed E-state index contributed by atoms with van der Waals surface area (Å²) in [7, 11) is 1.58. The Kier molecular flexibility index (Phi) is 2.74. The number of aryl methyl sites for hydroxylation is 1. The van der Waals surface area contributed by atoms with Crippen LogP contribution in [0.1, 0.15) is 12.7 Å². The smallest absolute Gasteiger partial charge is 0.239 e. The number of nitrogens with zero attached hydrogens (tertiary/aromatic N) is 2. The number of aromatic nitrogens is 2. The summed E-state index contributed by atoms with van der Waals surface area (Å²) in [5.74, 6) is 0.266. The monoisotopic (exact) mass is 208 g/mol. The fraction of sp³-hybridized carbons (Fsp3) is 0.500. The largest absolute Gasteiger partial charge is 0.334 e. The summed E-state index contributed by atoms with van der Waals surface area (Å²) in [5.41, 5.74) is 0. The molecule has 0 aliphatic carbocycles. The van der Waals surface area contributed by atoms with Crippen LogP contribution in [-0.2, 0) is 21.3 Å². The zero-order valence-corrected chi connectivity index (χ0v) is 8.14. The van der Waals surface area contributed by atoms with Crippen LogP contribution in [0.2, 0.25) is 0 Å². The third-order valence-corrected chi connectivity index (χ3v) is 2.37. The molecule has 0 bridgehead atoms. The van der Waals surface area contributed by atoms with Crippen molar-refractivity contribution in [1.29, 1.82) is 0 Å². The second-order valence-electron chi connectivity index (χ2n) is 2.31. The minimum Gasteiger partial charge on any atom is -0.334 e. The van der Waals surface area contributed by atoms with Crippen molar-refractivity contribution in [2.75, 3.05) is 0 Å². The maximum absolute atomic E-state index is 10.7. The Morgan fingerprint density at radius 2 is 2.33 bits per heavy atom. The Balaban J connectivity index is 2.89. The van der Waals surface area contributed by atoms with Gasteiger partial charge in [0, 0.05) is 29.6 Å². The van der Waals surface area contributed by atoms with Gasteiger partial charge in [0.2, 0.25) is 9.05 Å². The van der Waals surface area contributed by atoms with Crippen LogP contribution in [0, 0.1) is 0 Å². The normalized spacial score (nSPS) is 11.8. The molecular weight excluding hydrogens is 200 g/mol. The van der Waals surface area contributed by atoms with Crippen LogP contribution >= 0.6 is 10.7 Å². The number of hydrogen-bond acceptors (Lipinski definition) is 3. The summed E-state index contributed by atoms with van der Waals surface area (Å²) in [5, 5.41) is 0. The third-order valence-electron chi connectivity index (χ3n) is 1.44. The van der Waals surface area contributed by atoms with E-state index in [0.717, 1.165) is 0 Å². The molecule has 0 unspecified atom stereocenters. The molecule has 12 heavy (non-hydrogen) atoms. The lowest BCUT2D eigenvalue weighted by Crippen LogP contribution is -2.04. The van der Waals surface area contributed by atoms with Crippen molar-refractivity contribution in [3.05, 3.63) is 18.2 Å². The van der Waals surface area contributed by atoms with Crippen molar-refractivity contribution >= 4 is 19.7 Å². The minimum absolute atomic E-state index is 0.213. The maximum Gasteiger partial charge on any atom is 0.239 e. The first-order chi connectivity index (χ1) is 5.53. The summed E-state index contributed by atoms with van der Waals surface area (Å²) in [6.45, 7) is 2.60. The molecule has 1 heterocycles. The van der Waals surface area contributed by atoms with Crippen molar-refractivity contribution in [3.63, 3.8) is 0 Å². The van der Waals surface area contributed by atoms with Gasteiger partial charge in [-0.15, -0.1) is 0 Å². The standard InChI is InChI=1S/C6H9ClN2O2S/c1-2-9-4-3-8-6(9)5-12(7,10)11/h3-4H,2,5H2,1H3. The SMILES string of the molecule is CCn1ccnc1CS(=O)(=O)Cl. The molecule has 1 aromatic heterocycles. The molecule has 68 valence electrons. The van der Waals surface area contributed by atoms with E-state index in [4.69, 9.17) is 10.7 Å². The Morgan fingerprint density at radius 3 is 2.83 bits per heavy atom. The van der Waals surface area contributed by atoms with Crippen molar-refractivity contribution < 1.29 is 8.42 Å². The first-order valence-corrected chi connectivity index (χ1v) is 5.93. The maximum atomic E-state index is 10.7. The fourth-order valence-corrected chi connectivity index (χ4v) is 1.76. The lowest BCUT2D eigenvalue weighted by molar-refractivity contribution is 0.604. The molecule has 0 fully saturated rings. The molecule has 0 spiro atoms. The van der Waals surface area contributed by atoms with Crippen molar-refractivity contribution in [2.24, 2.45) is 0 Å². The van der Waals surface area contributed by atoms with Crippen LogP contribution in [0.15, 0.2) is 12.4 Å². The topological polar surface area (TPSA) is 52.0 Å². The van der Waals surface area contributed by atoms with E-state index in [9.17, 15) is 8.42 Å². The van der Waals surface area contributed by atoms with Crippen molar-refractivity contribution in [3.8, 4) is 0 Å². The number of hydrogen-bond donors (Lipinski definition) is 0. The summed E-state index contributed by atoms with van der Waals surface area (Å²) >= 11 is 0. The van der Waals surface area contributed by atoms with Crippen LogP contribution in [-0.4, -0.2) is 18.0 Å². The molecule has 4 nitrogen and oxygen atoms in total. The van der Waals surface area contributed by atoms with Gasteiger partial charge in [-0.25, -0.2) is 13.4 Å².